The second-order valence-electron chi connectivity index (χ2n) is 7.38. The van der Waals surface area contributed by atoms with Crippen LogP contribution in [0.4, 0.5) is 5.69 Å². The molecule has 0 radical (unpaired) electrons. The topological polar surface area (TPSA) is 65.8 Å². The van der Waals surface area contributed by atoms with E-state index in [1.54, 1.807) is 28.8 Å². The van der Waals surface area contributed by atoms with Gasteiger partial charge in [-0.2, -0.15) is 0 Å². The number of anilines is 1. The van der Waals surface area contributed by atoms with Crippen LogP contribution >= 0.6 is 11.8 Å². The van der Waals surface area contributed by atoms with Gasteiger partial charge in [-0.05, 0) is 43.3 Å². The highest BCUT2D eigenvalue weighted by molar-refractivity contribution is 7.99. The van der Waals surface area contributed by atoms with E-state index in [2.05, 4.69) is 22.3 Å². The number of amides is 2. The van der Waals surface area contributed by atoms with Crippen LogP contribution in [-0.2, 0) is 4.79 Å². The van der Waals surface area contributed by atoms with E-state index in [0.717, 1.165) is 15.5 Å². The number of rotatable bonds is 6. The highest BCUT2D eigenvalue weighted by Crippen LogP contribution is 2.33. The van der Waals surface area contributed by atoms with E-state index in [9.17, 15) is 9.59 Å². The quantitative estimate of drug-likeness (QED) is 0.628. The molecule has 3 aromatic rings. The second kappa shape index (κ2) is 9.85. The third kappa shape index (κ3) is 5.18. The van der Waals surface area contributed by atoms with Crippen molar-refractivity contribution >= 4 is 29.3 Å². The van der Waals surface area contributed by atoms with E-state index in [-0.39, 0.29) is 17.9 Å². The van der Waals surface area contributed by atoms with Gasteiger partial charge in [-0.3, -0.25) is 14.5 Å². The summed E-state index contributed by atoms with van der Waals surface area (Å²) >= 11 is 1.62. The Bertz CT molecular complexity index is 1020. The Labute approximate surface area is 186 Å². The van der Waals surface area contributed by atoms with E-state index < -0.39 is 0 Å². The average Bonchev–Trinajstić information content (AvgIpc) is 3.35. The molecule has 160 valence electrons. The maximum Gasteiger partial charge on any atom is 0.289 e. The highest BCUT2D eigenvalue weighted by atomic mass is 32.2. The fourth-order valence-corrected chi connectivity index (χ4v) is 4.47. The summed E-state index contributed by atoms with van der Waals surface area (Å²) < 4.78 is 5.21. The van der Waals surface area contributed by atoms with E-state index in [1.165, 1.54) is 6.26 Å². The average molecular weight is 436 g/mol. The molecule has 0 aliphatic carbocycles. The van der Waals surface area contributed by atoms with Gasteiger partial charge >= 0.3 is 0 Å². The number of piperazine rings is 1. The molecule has 0 unspecified atom stereocenters. The summed E-state index contributed by atoms with van der Waals surface area (Å²) in [5.74, 6) is 0.201. The van der Waals surface area contributed by atoms with Crippen LogP contribution in [0.5, 0.6) is 0 Å². The van der Waals surface area contributed by atoms with Crippen molar-refractivity contribution in [2.45, 2.75) is 22.8 Å². The van der Waals surface area contributed by atoms with E-state index >= 15 is 0 Å². The Kier molecular flexibility index (Phi) is 6.74. The standard InChI is InChI=1S/C24H25N3O3S/c1-18(26-13-15-27(16-14-26)24(29)21-11-7-17-30-21)23(28)25-20-10-5-6-12-22(20)31-19-8-3-2-4-9-19/h2-12,17-18H,13-16H2,1H3,(H,25,28)/t18-/m0/s1. The van der Waals surface area contributed by atoms with Crippen LogP contribution < -0.4 is 5.32 Å². The first-order valence-corrected chi connectivity index (χ1v) is 11.1. The summed E-state index contributed by atoms with van der Waals surface area (Å²) in [6, 6.07) is 21.0. The van der Waals surface area contributed by atoms with Crippen molar-refractivity contribution in [2.24, 2.45) is 0 Å². The SMILES string of the molecule is C[C@@H](C(=O)Nc1ccccc1Sc1ccccc1)N1CCN(C(=O)c2ccco2)CC1. The van der Waals surface area contributed by atoms with Gasteiger partial charge in [-0.25, -0.2) is 0 Å². The zero-order chi connectivity index (χ0) is 21.6. The molecule has 1 saturated heterocycles. The molecule has 31 heavy (non-hydrogen) atoms. The predicted molar refractivity (Wildman–Crippen MR) is 121 cm³/mol. The molecule has 1 aromatic heterocycles. The molecule has 1 aliphatic rings. The summed E-state index contributed by atoms with van der Waals surface area (Å²) in [6.45, 7) is 4.32. The van der Waals surface area contributed by atoms with Crippen LogP contribution in [0, 0.1) is 0 Å². The molecule has 6 nitrogen and oxygen atoms in total. The lowest BCUT2D eigenvalue weighted by Crippen LogP contribution is -2.54. The lowest BCUT2D eigenvalue weighted by Gasteiger charge is -2.37. The number of nitrogens with zero attached hydrogens (tertiary/aromatic N) is 2. The summed E-state index contributed by atoms with van der Waals surface area (Å²) in [4.78, 5) is 31.4. The Balaban J connectivity index is 1.35. The van der Waals surface area contributed by atoms with Gasteiger partial charge in [0.25, 0.3) is 5.91 Å². The van der Waals surface area contributed by atoms with E-state index in [1.807, 2.05) is 49.4 Å². The molecule has 1 N–H and O–H groups in total. The molecule has 1 aliphatic heterocycles. The molecule has 0 bridgehead atoms. The first-order valence-electron chi connectivity index (χ1n) is 10.3. The van der Waals surface area contributed by atoms with Crippen LogP contribution in [0.3, 0.4) is 0 Å². The third-order valence-corrected chi connectivity index (χ3v) is 6.46. The number of hydrogen-bond donors (Lipinski definition) is 1. The van der Waals surface area contributed by atoms with Gasteiger partial charge in [0.1, 0.15) is 0 Å². The number of nitrogens with one attached hydrogen (secondary N) is 1. The largest absolute Gasteiger partial charge is 0.459 e. The monoisotopic (exact) mass is 435 g/mol. The van der Waals surface area contributed by atoms with Gasteiger partial charge in [-0.1, -0.05) is 42.1 Å². The first kappa shape index (κ1) is 21.2. The summed E-state index contributed by atoms with van der Waals surface area (Å²) in [6.07, 6.45) is 1.50. The Morgan fingerprint density at radius 2 is 1.65 bits per heavy atom. The van der Waals surface area contributed by atoms with E-state index in [0.29, 0.717) is 31.9 Å². The van der Waals surface area contributed by atoms with Crippen LogP contribution in [0.15, 0.2) is 87.2 Å². The van der Waals surface area contributed by atoms with Crippen molar-refractivity contribution < 1.29 is 14.0 Å². The minimum absolute atomic E-state index is 0.0491. The van der Waals surface area contributed by atoms with Crippen molar-refractivity contribution in [3.8, 4) is 0 Å². The Morgan fingerprint density at radius 3 is 2.35 bits per heavy atom. The Hall–Kier alpha value is -3.03. The third-order valence-electron chi connectivity index (χ3n) is 5.38. The van der Waals surface area contributed by atoms with Crippen LogP contribution in [-0.4, -0.2) is 53.8 Å². The lowest BCUT2D eigenvalue weighted by atomic mass is 10.2. The summed E-state index contributed by atoms with van der Waals surface area (Å²) in [7, 11) is 0. The van der Waals surface area contributed by atoms with Gasteiger partial charge in [0.2, 0.25) is 5.91 Å². The molecule has 2 amide bonds. The van der Waals surface area contributed by atoms with Crippen LogP contribution in [0.1, 0.15) is 17.5 Å². The fourth-order valence-electron chi connectivity index (χ4n) is 3.55. The summed E-state index contributed by atoms with van der Waals surface area (Å²) in [5, 5.41) is 3.09. The molecule has 1 atom stereocenters. The predicted octanol–water partition coefficient (Wildman–Crippen LogP) is 4.22. The minimum atomic E-state index is -0.296. The molecule has 1 fully saturated rings. The second-order valence-corrected chi connectivity index (χ2v) is 8.50. The van der Waals surface area contributed by atoms with Gasteiger partial charge in [-0.15, -0.1) is 0 Å². The fraction of sp³-hybridized carbons (Fsp3) is 0.250. The first-order chi connectivity index (χ1) is 15.1. The molecule has 4 rings (SSSR count). The van der Waals surface area contributed by atoms with Crippen LogP contribution in [0.25, 0.3) is 0 Å². The van der Waals surface area contributed by atoms with Crippen molar-refractivity contribution in [3.63, 3.8) is 0 Å². The zero-order valence-electron chi connectivity index (χ0n) is 17.4. The molecule has 2 aromatic carbocycles. The molecule has 0 saturated carbocycles. The van der Waals surface area contributed by atoms with Crippen molar-refractivity contribution in [2.75, 3.05) is 31.5 Å². The number of furan rings is 1. The molecular formula is C24H25N3O3S. The van der Waals surface area contributed by atoms with Crippen molar-refractivity contribution in [3.05, 3.63) is 78.8 Å². The number of benzene rings is 2. The molecular weight excluding hydrogens is 410 g/mol. The normalized spacial score (nSPS) is 15.5. The number of para-hydroxylation sites is 1. The Morgan fingerprint density at radius 1 is 0.935 bits per heavy atom. The van der Waals surface area contributed by atoms with Gasteiger partial charge in [0, 0.05) is 36.0 Å². The smallest absolute Gasteiger partial charge is 0.289 e. The van der Waals surface area contributed by atoms with Gasteiger partial charge in [0.15, 0.2) is 5.76 Å². The zero-order valence-corrected chi connectivity index (χ0v) is 18.2. The van der Waals surface area contributed by atoms with E-state index in [4.69, 9.17) is 4.42 Å². The molecule has 0 spiro atoms. The van der Waals surface area contributed by atoms with Crippen LogP contribution in [0.2, 0.25) is 0 Å². The molecule has 2 heterocycles. The van der Waals surface area contributed by atoms with Gasteiger partial charge < -0.3 is 14.6 Å². The number of hydrogen-bond acceptors (Lipinski definition) is 5. The minimum Gasteiger partial charge on any atom is -0.459 e. The lowest BCUT2D eigenvalue weighted by molar-refractivity contribution is -0.121. The summed E-state index contributed by atoms with van der Waals surface area (Å²) in [5.41, 5.74) is 0.805. The highest BCUT2D eigenvalue weighted by Gasteiger charge is 2.29. The van der Waals surface area contributed by atoms with Crippen molar-refractivity contribution in [1.29, 1.82) is 0 Å². The number of carbonyl (C=O) groups excluding carboxylic acids is 2. The maximum absolute atomic E-state index is 13.0. The maximum atomic E-state index is 13.0. The van der Waals surface area contributed by atoms with Crippen molar-refractivity contribution in [1.82, 2.24) is 9.80 Å². The van der Waals surface area contributed by atoms with Gasteiger partial charge in [0.05, 0.1) is 18.0 Å². The molecule has 7 heteroatoms. The number of carbonyl (C=O) groups is 2.